The van der Waals surface area contributed by atoms with Gasteiger partial charge in [0.05, 0.1) is 18.3 Å². The van der Waals surface area contributed by atoms with Crippen molar-refractivity contribution in [2.45, 2.75) is 13.5 Å². The number of nitrogens with zero attached hydrogens (tertiary/aromatic N) is 3. The number of hydrogen-bond donors (Lipinski definition) is 0. The Morgan fingerprint density at radius 3 is 2.79 bits per heavy atom. The lowest BCUT2D eigenvalue weighted by Gasteiger charge is -2.04. The highest BCUT2D eigenvalue weighted by Gasteiger charge is 2.14. The molecule has 0 unspecified atom stereocenters. The van der Waals surface area contributed by atoms with E-state index in [1.54, 1.807) is 10.9 Å². The summed E-state index contributed by atoms with van der Waals surface area (Å²) in [6, 6.07) is 9.24. The molecule has 0 atom stereocenters. The molecule has 0 aliphatic carbocycles. The Labute approximate surface area is 146 Å². The standard InChI is InChI=1S/C17H12ClN3O2S/c1-10-6-13(20-23-10)7-21-9-19-16-15(17(21)22)14(8-24-16)11-2-4-12(18)5-3-11/h2-6,8-9H,7H2,1H3. The Balaban J connectivity index is 1.84. The van der Waals surface area contributed by atoms with E-state index in [-0.39, 0.29) is 5.56 Å². The van der Waals surface area contributed by atoms with E-state index in [9.17, 15) is 4.79 Å². The summed E-state index contributed by atoms with van der Waals surface area (Å²) in [7, 11) is 0. The first-order valence-corrected chi connectivity index (χ1v) is 8.52. The maximum atomic E-state index is 12.9. The maximum Gasteiger partial charge on any atom is 0.263 e. The van der Waals surface area contributed by atoms with Gasteiger partial charge in [0, 0.05) is 22.0 Å². The zero-order chi connectivity index (χ0) is 16.7. The topological polar surface area (TPSA) is 60.9 Å². The fraction of sp³-hybridized carbons (Fsp3) is 0.118. The molecule has 4 rings (SSSR count). The third-order valence-electron chi connectivity index (χ3n) is 3.73. The van der Waals surface area contributed by atoms with Gasteiger partial charge in [-0.05, 0) is 24.6 Å². The summed E-state index contributed by atoms with van der Waals surface area (Å²) >= 11 is 7.40. The number of fused-ring (bicyclic) bond motifs is 1. The normalized spacial score (nSPS) is 11.2. The first-order valence-electron chi connectivity index (χ1n) is 7.26. The zero-order valence-electron chi connectivity index (χ0n) is 12.7. The highest BCUT2D eigenvalue weighted by atomic mass is 35.5. The molecule has 3 aromatic heterocycles. The summed E-state index contributed by atoms with van der Waals surface area (Å²) in [6.07, 6.45) is 1.55. The molecule has 0 saturated carbocycles. The number of aromatic nitrogens is 3. The van der Waals surface area contributed by atoms with Crippen LogP contribution < -0.4 is 5.56 Å². The summed E-state index contributed by atoms with van der Waals surface area (Å²) in [4.78, 5) is 18.0. The van der Waals surface area contributed by atoms with Crippen molar-refractivity contribution in [2.24, 2.45) is 0 Å². The molecule has 24 heavy (non-hydrogen) atoms. The lowest BCUT2D eigenvalue weighted by atomic mass is 10.1. The predicted octanol–water partition coefficient (Wildman–Crippen LogP) is 4.12. The molecule has 0 bridgehead atoms. The summed E-state index contributed by atoms with van der Waals surface area (Å²) in [6.45, 7) is 2.15. The summed E-state index contributed by atoms with van der Waals surface area (Å²) < 4.78 is 6.60. The molecular weight excluding hydrogens is 346 g/mol. The Morgan fingerprint density at radius 2 is 2.08 bits per heavy atom. The van der Waals surface area contributed by atoms with Gasteiger partial charge in [-0.15, -0.1) is 11.3 Å². The number of hydrogen-bond acceptors (Lipinski definition) is 5. The van der Waals surface area contributed by atoms with Crippen LogP contribution in [0.25, 0.3) is 21.3 Å². The lowest BCUT2D eigenvalue weighted by Crippen LogP contribution is -2.21. The third-order valence-corrected chi connectivity index (χ3v) is 4.86. The van der Waals surface area contributed by atoms with Gasteiger partial charge in [0.2, 0.25) is 0 Å². The van der Waals surface area contributed by atoms with E-state index in [1.807, 2.05) is 42.6 Å². The smallest absolute Gasteiger partial charge is 0.263 e. The SMILES string of the molecule is Cc1cc(Cn2cnc3scc(-c4ccc(Cl)cc4)c3c2=O)no1. The van der Waals surface area contributed by atoms with Crippen LogP contribution >= 0.6 is 22.9 Å². The lowest BCUT2D eigenvalue weighted by molar-refractivity contribution is 0.388. The molecule has 0 fully saturated rings. The average molecular weight is 358 g/mol. The van der Waals surface area contributed by atoms with Gasteiger partial charge in [0.25, 0.3) is 5.56 Å². The second kappa shape index (κ2) is 5.89. The van der Waals surface area contributed by atoms with E-state index < -0.39 is 0 Å². The molecule has 0 saturated heterocycles. The number of benzene rings is 1. The molecule has 120 valence electrons. The highest BCUT2D eigenvalue weighted by molar-refractivity contribution is 7.17. The number of rotatable bonds is 3. The van der Waals surface area contributed by atoms with Gasteiger partial charge in [0.1, 0.15) is 16.3 Å². The zero-order valence-corrected chi connectivity index (χ0v) is 14.3. The van der Waals surface area contributed by atoms with E-state index >= 15 is 0 Å². The molecule has 3 heterocycles. The van der Waals surface area contributed by atoms with Crippen LogP contribution in [0.15, 0.2) is 51.4 Å². The molecule has 5 nitrogen and oxygen atoms in total. The van der Waals surface area contributed by atoms with Crippen molar-refractivity contribution in [1.82, 2.24) is 14.7 Å². The molecule has 0 amide bonds. The summed E-state index contributed by atoms with van der Waals surface area (Å²) in [5, 5.41) is 7.16. The van der Waals surface area contributed by atoms with Crippen LogP contribution in [0, 0.1) is 6.92 Å². The molecule has 0 aliphatic rings. The van der Waals surface area contributed by atoms with E-state index in [2.05, 4.69) is 10.1 Å². The van der Waals surface area contributed by atoms with Crippen molar-refractivity contribution in [3.05, 3.63) is 68.9 Å². The molecule has 7 heteroatoms. The van der Waals surface area contributed by atoms with Crippen molar-refractivity contribution < 1.29 is 4.52 Å². The second-order valence-corrected chi connectivity index (χ2v) is 6.74. The maximum absolute atomic E-state index is 12.9. The molecule has 0 aliphatic heterocycles. The van der Waals surface area contributed by atoms with Crippen LogP contribution in [-0.4, -0.2) is 14.7 Å². The number of halogens is 1. The quantitative estimate of drug-likeness (QED) is 0.553. The van der Waals surface area contributed by atoms with Crippen molar-refractivity contribution >= 4 is 33.2 Å². The van der Waals surface area contributed by atoms with Crippen LogP contribution in [0.5, 0.6) is 0 Å². The largest absolute Gasteiger partial charge is 0.361 e. The minimum absolute atomic E-state index is 0.0909. The first-order chi connectivity index (χ1) is 11.6. The molecule has 0 radical (unpaired) electrons. The Kier molecular flexibility index (Phi) is 3.70. The Bertz CT molecular complexity index is 1080. The predicted molar refractivity (Wildman–Crippen MR) is 94.7 cm³/mol. The van der Waals surface area contributed by atoms with Crippen molar-refractivity contribution in [3.8, 4) is 11.1 Å². The van der Waals surface area contributed by atoms with Crippen LogP contribution in [0.1, 0.15) is 11.5 Å². The number of aryl methyl sites for hydroxylation is 1. The monoisotopic (exact) mass is 357 g/mol. The minimum atomic E-state index is -0.0909. The van der Waals surface area contributed by atoms with E-state index in [0.29, 0.717) is 28.4 Å². The van der Waals surface area contributed by atoms with Gasteiger partial charge in [-0.3, -0.25) is 9.36 Å². The van der Waals surface area contributed by atoms with E-state index in [4.69, 9.17) is 16.1 Å². The second-order valence-electron chi connectivity index (χ2n) is 5.44. The Hall–Kier alpha value is -2.44. The van der Waals surface area contributed by atoms with Gasteiger partial charge >= 0.3 is 0 Å². The molecule has 1 aromatic carbocycles. The van der Waals surface area contributed by atoms with Gasteiger partial charge in [0.15, 0.2) is 0 Å². The third kappa shape index (κ3) is 2.64. The van der Waals surface area contributed by atoms with E-state index in [0.717, 1.165) is 16.0 Å². The van der Waals surface area contributed by atoms with Crippen LogP contribution in [0.3, 0.4) is 0 Å². The van der Waals surface area contributed by atoms with Gasteiger partial charge in [-0.2, -0.15) is 0 Å². The molecule has 0 spiro atoms. The summed E-state index contributed by atoms with van der Waals surface area (Å²) in [5.41, 5.74) is 2.42. The van der Waals surface area contributed by atoms with Gasteiger partial charge < -0.3 is 4.52 Å². The van der Waals surface area contributed by atoms with Crippen molar-refractivity contribution in [3.63, 3.8) is 0 Å². The highest BCUT2D eigenvalue weighted by Crippen LogP contribution is 2.31. The van der Waals surface area contributed by atoms with Gasteiger partial charge in [-0.25, -0.2) is 4.98 Å². The minimum Gasteiger partial charge on any atom is -0.361 e. The van der Waals surface area contributed by atoms with Gasteiger partial charge in [-0.1, -0.05) is 28.9 Å². The van der Waals surface area contributed by atoms with Crippen molar-refractivity contribution in [2.75, 3.05) is 0 Å². The van der Waals surface area contributed by atoms with Crippen LogP contribution in [-0.2, 0) is 6.54 Å². The molecule has 0 N–H and O–H groups in total. The average Bonchev–Trinajstić information content (AvgIpc) is 3.18. The number of thiophene rings is 1. The van der Waals surface area contributed by atoms with E-state index in [1.165, 1.54) is 11.3 Å². The molecular formula is C17H12ClN3O2S. The first kappa shape index (κ1) is 15.1. The Morgan fingerprint density at radius 1 is 1.29 bits per heavy atom. The fourth-order valence-corrected chi connectivity index (χ4v) is 3.62. The molecule has 4 aromatic rings. The fourth-order valence-electron chi connectivity index (χ4n) is 2.59. The summed E-state index contributed by atoms with van der Waals surface area (Å²) in [5.74, 6) is 0.712. The van der Waals surface area contributed by atoms with Crippen LogP contribution in [0.2, 0.25) is 5.02 Å². The van der Waals surface area contributed by atoms with Crippen LogP contribution in [0.4, 0.5) is 0 Å². The van der Waals surface area contributed by atoms with Crippen molar-refractivity contribution in [1.29, 1.82) is 0 Å².